The molecule has 5 heteroatoms. The zero-order chi connectivity index (χ0) is 18.1. The molecule has 26 heavy (non-hydrogen) atoms. The van der Waals surface area contributed by atoms with Crippen LogP contribution in [0.2, 0.25) is 0 Å². The van der Waals surface area contributed by atoms with Gasteiger partial charge in [0.15, 0.2) is 0 Å². The van der Waals surface area contributed by atoms with E-state index < -0.39 is 0 Å². The van der Waals surface area contributed by atoms with Gasteiger partial charge in [0, 0.05) is 23.7 Å². The Morgan fingerprint density at radius 3 is 2.92 bits per heavy atom. The molecule has 3 heterocycles. The second-order valence-corrected chi connectivity index (χ2v) is 7.84. The molecule has 1 aliphatic rings. The Labute approximate surface area is 157 Å². The van der Waals surface area contributed by atoms with Crippen LogP contribution >= 0.6 is 11.3 Å². The van der Waals surface area contributed by atoms with Gasteiger partial charge in [-0.2, -0.15) is 0 Å². The third kappa shape index (κ3) is 3.15. The average Bonchev–Trinajstić information content (AvgIpc) is 3.36. The van der Waals surface area contributed by atoms with E-state index in [1.54, 1.807) is 28.6 Å². The van der Waals surface area contributed by atoms with Gasteiger partial charge in [0.2, 0.25) is 0 Å². The molecular weight excluding hydrogens is 344 g/mol. The molecule has 1 aliphatic heterocycles. The third-order valence-electron chi connectivity index (χ3n) is 4.96. The van der Waals surface area contributed by atoms with Crippen molar-refractivity contribution in [2.75, 3.05) is 11.9 Å². The van der Waals surface area contributed by atoms with Crippen LogP contribution in [-0.4, -0.2) is 23.9 Å². The molecule has 1 unspecified atom stereocenters. The van der Waals surface area contributed by atoms with Crippen molar-refractivity contribution in [2.45, 2.75) is 32.5 Å². The molecular formula is C21H22N2O2S. The van der Waals surface area contributed by atoms with Crippen molar-refractivity contribution >= 4 is 22.9 Å². The number of thiophene rings is 1. The highest BCUT2D eigenvalue weighted by molar-refractivity contribution is 7.09. The number of furan rings is 1. The third-order valence-corrected chi connectivity index (χ3v) is 5.82. The van der Waals surface area contributed by atoms with E-state index in [0.29, 0.717) is 24.7 Å². The number of carbonyl (C=O) groups excluding carboxylic acids is 1. The lowest BCUT2D eigenvalue weighted by Gasteiger charge is -2.24. The first-order valence-electron chi connectivity index (χ1n) is 8.82. The second-order valence-electron chi connectivity index (χ2n) is 6.81. The van der Waals surface area contributed by atoms with Gasteiger partial charge in [-0.15, -0.1) is 11.3 Å². The molecule has 1 atom stereocenters. The van der Waals surface area contributed by atoms with Crippen LogP contribution in [0.5, 0.6) is 0 Å². The van der Waals surface area contributed by atoms with Crippen LogP contribution in [-0.2, 0) is 19.5 Å². The van der Waals surface area contributed by atoms with Gasteiger partial charge in [-0.25, -0.2) is 0 Å². The SMILES string of the molecule is CC1Cc2ccccc2N1Cc1occc1C(=O)N(C)Cc1cccs1. The lowest BCUT2D eigenvalue weighted by Crippen LogP contribution is -2.31. The van der Waals surface area contributed by atoms with Gasteiger partial charge in [-0.1, -0.05) is 24.3 Å². The fourth-order valence-corrected chi connectivity index (χ4v) is 4.35. The van der Waals surface area contributed by atoms with Crippen LogP contribution in [0.15, 0.2) is 58.5 Å². The van der Waals surface area contributed by atoms with Crippen molar-refractivity contribution in [3.05, 3.63) is 75.9 Å². The van der Waals surface area contributed by atoms with Crippen molar-refractivity contribution in [1.29, 1.82) is 0 Å². The zero-order valence-electron chi connectivity index (χ0n) is 15.0. The summed E-state index contributed by atoms with van der Waals surface area (Å²) in [6.45, 7) is 3.44. The summed E-state index contributed by atoms with van der Waals surface area (Å²) in [7, 11) is 1.84. The number of hydrogen-bond donors (Lipinski definition) is 0. The molecule has 0 spiro atoms. The predicted octanol–water partition coefficient (Wildman–Crippen LogP) is 4.56. The summed E-state index contributed by atoms with van der Waals surface area (Å²) < 4.78 is 5.71. The monoisotopic (exact) mass is 366 g/mol. The molecule has 0 N–H and O–H groups in total. The van der Waals surface area contributed by atoms with E-state index in [-0.39, 0.29) is 5.91 Å². The number of carbonyl (C=O) groups is 1. The Bertz CT molecular complexity index is 900. The van der Waals surface area contributed by atoms with Crippen LogP contribution in [0.4, 0.5) is 5.69 Å². The normalized spacial score (nSPS) is 15.9. The summed E-state index contributed by atoms with van der Waals surface area (Å²) in [6, 6.07) is 14.7. The smallest absolute Gasteiger partial charge is 0.257 e. The van der Waals surface area contributed by atoms with Gasteiger partial charge in [0.1, 0.15) is 5.76 Å². The molecule has 1 amide bonds. The number of anilines is 1. The van der Waals surface area contributed by atoms with E-state index in [2.05, 4.69) is 36.1 Å². The van der Waals surface area contributed by atoms with Crippen LogP contribution in [0.25, 0.3) is 0 Å². The minimum absolute atomic E-state index is 0.00212. The summed E-state index contributed by atoms with van der Waals surface area (Å²) in [4.78, 5) is 18.2. The van der Waals surface area contributed by atoms with Crippen molar-refractivity contribution in [1.82, 2.24) is 4.90 Å². The van der Waals surface area contributed by atoms with Gasteiger partial charge in [-0.05, 0) is 42.5 Å². The first-order valence-corrected chi connectivity index (χ1v) is 9.70. The molecule has 4 rings (SSSR count). The maximum atomic E-state index is 12.9. The largest absolute Gasteiger partial charge is 0.467 e. The Hall–Kier alpha value is -2.53. The number of amides is 1. The fourth-order valence-electron chi connectivity index (χ4n) is 3.59. The Morgan fingerprint density at radius 2 is 2.12 bits per heavy atom. The number of fused-ring (bicyclic) bond motifs is 1. The predicted molar refractivity (Wildman–Crippen MR) is 105 cm³/mol. The molecule has 134 valence electrons. The van der Waals surface area contributed by atoms with Gasteiger partial charge in [0.25, 0.3) is 5.91 Å². The van der Waals surface area contributed by atoms with Crippen molar-refractivity contribution < 1.29 is 9.21 Å². The molecule has 0 radical (unpaired) electrons. The van der Waals surface area contributed by atoms with Crippen molar-refractivity contribution in [3.8, 4) is 0 Å². The molecule has 0 bridgehead atoms. The van der Waals surface area contributed by atoms with Crippen LogP contribution in [0.3, 0.4) is 0 Å². The van der Waals surface area contributed by atoms with E-state index in [9.17, 15) is 4.79 Å². The number of hydrogen-bond acceptors (Lipinski definition) is 4. The van der Waals surface area contributed by atoms with Gasteiger partial charge >= 0.3 is 0 Å². The highest BCUT2D eigenvalue weighted by Gasteiger charge is 2.28. The average molecular weight is 366 g/mol. The number of para-hydroxylation sites is 1. The summed E-state index contributed by atoms with van der Waals surface area (Å²) in [5.41, 5.74) is 3.25. The van der Waals surface area contributed by atoms with E-state index >= 15 is 0 Å². The number of benzene rings is 1. The Morgan fingerprint density at radius 1 is 1.27 bits per heavy atom. The van der Waals surface area contributed by atoms with Crippen molar-refractivity contribution in [3.63, 3.8) is 0 Å². The van der Waals surface area contributed by atoms with Gasteiger partial charge < -0.3 is 14.2 Å². The molecule has 0 fully saturated rings. The highest BCUT2D eigenvalue weighted by Crippen LogP contribution is 2.33. The van der Waals surface area contributed by atoms with Gasteiger partial charge in [0.05, 0.1) is 24.9 Å². The fraction of sp³-hybridized carbons (Fsp3) is 0.286. The highest BCUT2D eigenvalue weighted by atomic mass is 32.1. The van der Waals surface area contributed by atoms with E-state index in [1.807, 2.05) is 24.6 Å². The maximum Gasteiger partial charge on any atom is 0.257 e. The summed E-state index contributed by atoms with van der Waals surface area (Å²) in [5, 5.41) is 2.03. The summed E-state index contributed by atoms with van der Waals surface area (Å²) >= 11 is 1.66. The molecule has 0 aliphatic carbocycles. The van der Waals surface area contributed by atoms with Crippen LogP contribution < -0.4 is 4.90 Å². The molecule has 0 saturated heterocycles. The molecule has 4 nitrogen and oxygen atoms in total. The molecule has 0 saturated carbocycles. The topological polar surface area (TPSA) is 36.7 Å². The molecule has 1 aromatic carbocycles. The Kier molecular flexibility index (Phi) is 4.55. The standard InChI is InChI=1S/C21H22N2O2S/c1-15-12-16-6-3-4-8-19(16)23(15)14-20-18(9-10-25-20)21(24)22(2)13-17-7-5-11-26-17/h3-11,15H,12-14H2,1-2H3. The lowest BCUT2D eigenvalue weighted by atomic mass is 10.1. The van der Waals surface area contributed by atoms with Gasteiger partial charge in [-0.3, -0.25) is 4.79 Å². The van der Waals surface area contributed by atoms with E-state index in [4.69, 9.17) is 4.42 Å². The minimum Gasteiger partial charge on any atom is -0.467 e. The zero-order valence-corrected chi connectivity index (χ0v) is 15.8. The molecule has 3 aromatic rings. The minimum atomic E-state index is 0.00212. The van der Waals surface area contributed by atoms with Crippen LogP contribution in [0, 0.1) is 0 Å². The van der Waals surface area contributed by atoms with E-state index in [1.165, 1.54) is 16.1 Å². The maximum absolute atomic E-state index is 12.9. The molecule has 2 aromatic heterocycles. The van der Waals surface area contributed by atoms with Crippen LogP contribution in [0.1, 0.15) is 33.5 Å². The first kappa shape index (κ1) is 16.9. The second kappa shape index (κ2) is 7.00. The Balaban J connectivity index is 1.53. The van der Waals surface area contributed by atoms with E-state index in [0.717, 1.165) is 12.2 Å². The van der Waals surface area contributed by atoms with Crippen molar-refractivity contribution in [2.24, 2.45) is 0 Å². The number of rotatable bonds is 5. The summed E-state index contributed by atoms with van der Waals surface area (Å²) in [5.74, 6) is 0.735. The summed E-state index contributed by atoms with van der Waals surface area (Å²) in [6.07, 6.45) is 2.65. The quantitative estimate of drug-likeness (QED) is 0.664. The first-order chi connectivity index (χ1) is 12.6. The number of nitrogens with zero attached hydrogens (tertiary/aromatic N) is 2. The lowest BCUT2D eigenvalue weighted by molar-refractivity contribution is 0.0784.